The molecule has 0 aromatic carbocycles. The van der Waals surface area contributed by atoms with Gasteiger partial charge in [0.25, 0.3) is 0 Å². The van der Waals surface area contributed by atoms with E-state index in [1.54, 1.807) is 0 Å². The normalized spacial score (nSPS) is 11.1. The first-order valence-corrected chi connectivity index (χ1v) is 5.01. The van der Waals surface area contributed by atoms with Crippen molar-refractivity contribution in [1.82, 2.24) is 0 Å². The molecule has 0 N–H and O–H groups in total. The Morgan fingerprint density at radius 1 is 1.38 bits per heavy atom. The summed E-state index contributed by atoms with van der Waals surface area (Å²) in [4.78, 5) is 11.0. The molecule has 0 radical (unpaired) electrons. The van der Waals surface area contributed by atoms with E-state index in [4.69, 9.17) is 4.74 Å². The van der Waals surface area contributed by atoms with E-state index in [1.807, 2.05) is 13.8 Å². The van der Waals surface area contributed by atoms with Gasteiger partial charge in [-0.1, -0.05) is 19.1 Å². The summed E-state index contributed by atoms with van der Waals surface area (Å²) in [6.45, 7) is 5.84. The molecule has 0 spiro atoms. The smallest absolute Gasteiger partial charge is 0.306 e. The largest absolute Gasteiger partial charge is 0.463 e. The van der Waals surface area contributed by atoms with E-state index in [1.165, 1.54) is 0 Å². The lowest BCUT2D eigenvalue weighted by molar-refractivity contribution is -0.147. The molecule has 0 unspecified atom stereocenters. The Morgan fingerprint density at radius 2 is 2.08 bits per heavy atom. The van der Waals surface area contributed by atoms with Crippen molar-refractivity contribution in [3.63, 3.8) is 0 Å². The van der Waals surface area contributed by atoms with Crippen LogP contribution in [-0.4, -0.2) is 12.1 Å². The molecule has 0 atom stereocenters. The minimum atomic E-state index is -0.0834. The van der Waals surface area contributed by atoms with Crippen molar-refractivity contribution < 1.29 is 9.53 Å². The maximum Gasteiger partial charge on any atom is 0.306 e. The SMILES string of the molecule is CCC=CCCCC(=O)OC(C)C. The molecular weight excluding hydrogens is 164 g/mol. The molecule has 0 fully saturated rings. The van der Waals surface area contributed by atoms with Crippen LogP contribution in [0.15, 0.2) is 12.2 Å². The first-order valence-electron chi connectivity index (χ1n) is 5.01. The molecule has 76 valence electrons. The molecule has 2 heteroatoms. The Hall–Kier alpha value is -0.790. The summed E-state index contributed by atoms with van der Waals surface area (Å²) in [5, 5.41) is 0. The second-order valence-corrected chi connectivity index (χ2v) is 3.31. The first kappa shape index (κ1) is 12.2. The Labute approximate surface area is 81.0 Å². The monoisotopic (exact) mass is 184 g/mol. The predicted octanol–water partition coefficient (Wildman–Crippen LogP) is 3.07. The van der Waals surface area contributed by atoms with Gasteiger partial charge in [0.1, 0.15) is 0 Å². The van der Waals surface area contributed by atoms with Crippen LogP contribution in [0.1, 0.15) is 46.5 Å². The molecule has 0 heterocycles. The van der Waals surface area contributed by atoms with E-state index in [9.17, 15) is 4.79 Å². The third-order valence-electron chi connectivity index (χ3n) is 1.52. The van der Waals surface area contributed by atoms with Crippen LogP contribution in [0.5, 0.6) is 0 Å². The van der Waals surface area contributed by atoms with E-state index < -0.39 is 0 Å². The van der Waals surface area contributed by atoms with Gasteiger partial charge in [-0.25, -0.2) is 0 Å². The number of hydrogen-bond acceptors (Lipinski definition) is 2. The van der Waals surface area contributed by atoms with E-state index in [2.05, 4.69) is 19.1 Å². The number of esters is 1. The van der Waals surface area contributed by atoms with Gasteiger partial charge in [0.05, 0.1) is 6.10 Å². The van der Waals surface area contributed by atoms with Crippen LogP contribution in [0.4, 0.5) is 0 Å². The molecule has 0 aromatic rings. The third kappa shape index (κ3) is 9.12. The van der Waals surface area contributed by atoms with Gasteiger partial charge in [0, 0.05) is 6.42 Å². The fraction of sp³-hybridized carbons (Fsp3) is 0.727. The first-order chi connectivity index (χ1) is 6.16. The summed E-state index contributed by atoms with van der Waals surface area (Å²) >= 11 is 0. The van der Waals surface area contributed by atoms with E-state index >= 15 is 0 Å². The van der Waals surface area contributed by atoms with Crippen molar-refractivity contribution >= 4 is 5.97 Å². The van der Waals surface area contributed by atoms with Gasteiger partial charge in [-0.3, -0.25) is 4.79 Å². The summed E-state index contributed by atoms with van der Waals surface area (Å²) in [6.07, 6.45) is 7.71. The highest BCUT2D eigenvalue weighted by molar-refractivity contribution is 5.69. The lowest BCUT2D eigenvalue weighted by Crippen LogP contribution is -2.10. The molecule has 0 aliphatic carbocycles. The fourth-order valence-corrected chi connectivity index (χ4v) is 0.971. The topological polar surface area (TPSA) is 26.3 Å². The summed E-state index contributed by atoms with van der Waals surface area (Å²) in [7, 11) is 0. The molecule has 0 amide bonds. The molecular formula is C11H20O2. The molecule has 0 aliphatic heterocycles. The molecule has 2 nitrogen and oxygen atoms in total. The van der Waals surface area contributed by atoms with Crippen LogP contribution in [-0.2, 0) is 9.53 Å². The zero-order chi connectivity index (χ0) is 10.1. The van der Waals surface area contributed by atoms with Crippen LogP contribution in [0.3, 0.4) is 0 Å². The molecule has 0 bridgehead atoms. The summed E-state index contributed by atoms with van der Waals surface area (Å²) in [6, 6.07) is 0. The zero-order valence-electron chi connectivity index (χ0n) is 8.88. The predicted molar refractivity (Wildman–Crippen MR) is 54.5 cm³/mol. The Morgan fingerprint density at radius 3 is 2.62 bits per heavy atom. The van der Waals surface area contributed by atoms with Gasteiger partial charge >= 0.3 is 5.97 Å². The van der Waals surface area contributed by atoms with Crippen molar-refractivity contribution in [2.24, 2.45) is 0 Å². The molecule has 0 aliphatic rings. The van der Waals surface area contributed by atoms with Crippen molar-refractivity contribution in [1.29, 1.82) is 0 Å². The number of carbonyl (C=O) groups excluding carboxylic acids is 1. The number of unbranched alkanes of at least 4 members (excludes halogenated alkanes) is 1. The second-order valence-electron chi connectivity index (χ2n) is 3.31. The molecule has 0 aromatic heterocycles. The van der Waals surface area contributed by atoms with Gasteiger partial charge < -0.3 is 4.74 Å². The highest BCUT2D eigenvalue weighted by Gasteiger charge is 2.03. The van der Waals surface area contributed by atoms with Crippen molar-refractivity contribution in [3.05, 3.63) is 12.2 Å². The highest BCUT2D eigenvalue weighted by Crippen LogP contribution is 2.01. The van der Waals surface area contributed by atoms with E-state index in [-0.39, 0.29) is 12.1 Å². The van der Waals surface area contributed by atoms with Crippen LogP contribution < -0.4 is 0 Å². The summed E-state index contributed by atoms with van der Waals surface area (Å²) in [5.74, 6) is -0.0834. The standard InChI is InChI=1S/C11H20O2/c1-4-5-6-7-8-9-11(12)13-10(2)3/h5-6,10H,4,7-9H2,1-3H3. The van der Waals surface area contributed by atoms with Gasteiger partial charge in [-0.15, -0.1) is 0 Å². The number of hydrogen-bond donors (Lipinski definition) is 0. The second kappa shape index (κ2) is 7.84. The molecule has 13 heavy (non-hydrogen) atoms. The fourth-order valence-electron chi connectivity index (χ4n) is 0.971. The zero-order valence-corrected chi connectivity index (χ0v) is 8.88. The number of allylic oxidation sites excluding steroid dienone is 2. The van der Waals surface area contributed by atoms with Crippen molar-refractivity contribution in [2.75, 3.05) is 0 Å². The van der Waals surface area contributed by atoms with Gasteiger partial charge in [0.2, 0.25) is 0 Å². The Bertz CT molecular complexity index is 159. The third-order valence-corrected chi connectivity index (χ3v) is 1.52. The van der Waals surface area contributed by atoms with Crippen LogP contribution in [0.2, 0.25) is 0 Å². The van der Waals surface area contributed by atoms with E-state index in [0.29, 0.717) is 6.42 Å². The average Bonchev–Trinajstić information content (AvgIpc) is 2.02. The van der Waals surface area contributed by atoms with Crippen molar-refractivity contribution in [3.8, 4) is 0 Å². The Balaban J connectivity index is 3.32. The van der Waals surface area contributed by atoms with Gasteiger partial charge in [-0.2, -0.15) is 0 Å². The molecule has 0 saturated carbocycles. The van der Waals surface area contributed by atoms with Gasteiger partial charge in [-0.05, 0) is 33.1 Å². The van der Waals surface area contributed by atoms with Crippen LogP contribution in [0, 0.1) is 0 Å². The maximum atomic E-state index is 11.0. The average molecular weight is 184 g/mol. The lowest BCUT2D eigenvalue weighted by atomic mass is 10.2. The lowest BCUT2D eigenvalue weighted by Gasteiger charge is -2.06. The number of ether oxygens (including phenoxy) is 1. The number of rotatable bonds is 6. The maximum absolute atomic E-state index is 11.0. The quantitative estimate of drug-likeness (QED) is 0.360. The van der Waals surface area contributed by atoms with Gasteiger partial charge in [0.15, 0.2) is 0 Å². The highest BCUT2D eigenvalue weighted by atomic mass is 16.5. The molecule has 0 saturated heterocycles. The van der Waals surface area contributed by atoms with Crippen LogP contribution >= 0.6 is 0 Å². The number of carbonyl (C=O) groups is 1. The van der Waals surface area contributed by atoms with E-state index in [0.717, 1.165) is 19.3 Å². The van der Waals surface area contributed by atoms with Crippen molar-refractivity contribution in [2.45, 2.75) is 52.6 Å². The molecule has 0 rings (SSSR count). The summed E-state index contributed by atoms with van der Waals surface area (Å²) < 4.78 is 4.99. The van der Waals surface area contributed by atoms with Crippen LogP contribution in [0.25, 0.3) is 0 Å². The Kier molecular flexibility index (Phi) is 7.36. The minimum Gasteiger partial charge on any atom is -0.463 e. The minimum absolute atomic E-state index is 0.0127. The summed E-state index contributed by atoms with van der Waals surface area (Å²) in [5.41, 5.74) is 0.